The van der Waals surface area contributed by atoms with Crippen molar-refractivity contribution in [2.45, 2.75) is 102 Å². The van der Waals surface area contributed by atoms with E-state index in [1.807, 2.05) is 6.08 Å². The first-order valence-corrected chi connectivity index (χ1v) is 12.5. The largest absolute Gasteiger partial charge is 0.481 e. The maximum Gasteiger partial charge on any atom is 0.303 e. The van der Waals surface area contributed by atoms with Gasteiger partial charge in [-0.3, -0.25) is 4.79 Å². The van der Waals surface area contributed by atoms with Crippen molar-refractivity contribution < 1.29 is 24.9 Å². The lowest BCUT2D eigenvalue weighted by Crippen LogP contribution is -2.64. The molecule has 0 spiro atoms. The average molecular weight is 435 g/mol. The molecule has 2 unspecified atom stereocenters. The molecule has 0 amide bonds. The molecule has 3 N–H and O–H groups in total. The van der Waals surface area contributed by atoms with E-state index in [0.29, 0.717) is 24.7 Å². The minimum Gasteiger partial charge on any atom is -0.481 e. The maximum absolute atomic E-state index is 11.0. The Morgan fingerprint density at radius 1 is 1.26 bits per heavy atom. The highest BCUT2D eigenvalue weighted by Gasteiger charge is 2.63. The Morgan fingerprint density at radius 3 is 2.65 bits per heavy atom. The highest BCUT2D eigenvalue weighted by molar-refractivity contribution is 5.66. The van der Waals surface area contributed by atoms with Crippen LogP contribution in [0.2, 0.25) is 0 Å². The third-order valence-electron chi connectivity index (χ3n) is 8.15. The lowest BCUT2D eigenvalue weighted by atomic mass is 9.47. The van der Waals surface area contributed by atoms with Crippen LogP contribution in [0.5, 0.6) is 0 Å². The summed E-state index contributed by atoms with van der Waals surface area (Å²) in [6.07, 6.45) is 16.4. The van der Waals surface area contributed by atoms with Crippen LogP contribution in [0.3, 0.4) is 0 Å². The highest BCUT2D eigenvalue weighted by atomic mass is 16.5. The molecule has 0 bridgehead atoms. The molecule has 5 heteroatoms. The summed E-state index contributed by atoms with van der Waals surface area (Å²) in [7, 11) is 1.75. The number of carboxylic acids is 1. The lowest BCUT2D eigenvalue weighted by molar-refractivity contribution is -0.169. The van der Waals surface area contributed by atoms with E-state index in [9.17, 15) is 15.0 Å². The molecule has 3 saturated carbocycles. The molecule has 3 aliphatic rings. The second-order valence-electron chi connectivity index (χ2n) is 9.92. The minimum absolute atomic E-state index is 0.0366. The number of hydrogen-bond donors (Lipinski definition) is 3. The summed E-state index contributed by atoms with van der Waals surface area (Å²) in [4.78, 5) is 11.0. The number of unbranched alkanes of at least 4 members (excludes halogenated alkanes) is 1. The summed E-state index contributed by atoms with van der Waals surface area (Å²) in [5, 5.41) is 30.7. The maximum atomic E-state index is 11.0. The molecular formula is C26H42O5. The fourth-order valence-corrected chi connectivity index (χ4v) is 6.53. The van der Waals surface area contributed by atoms with Crippen LogP contribution in [0.15, 0.2) is 23.8 Å². The molecule has 0 heterocycles. The van der Waals surface area contributed by atoms with Crippen molar-refractivity contribution in [1.82, 2.24) is 0 Å². The smallest absolute Gasteiger partial charge is 0.303 e. The molecule has 3 rings (SSSR count). The predicted octanol–water partition coefficient (Wildman–Crippen LogP) is 4.87. The fourth-order valence-electron chi connectivity index (χ4n) is 6.53. The first kappa shape index (κ1) is 24.5. The van der Waals surface area contributed by atoms with Gasteiger partial charge in [-0.2, -0.15) is 0 Å². The molecule has 0 aromatic rings. The second-order valence-corrected chi connectivity index (χ2v) is 9.92. The van der Waals surface area contributed by atoms with Crippen molar-refractivity contribution >= 4 is 5.97 Å². The number of aliphatic hydroxyl groups is 2. The summed E-state index contributed by atoms with van der Waals surface area (Å²) in [5.74, 6) is 0.0109. The summed E-state index contributed by atoms with van der Waals surface area (Å²) < 4.78 is 6.14. The summed E-state index contributed by atoms with van der Waals surface area (Å²) in [5.41, 5.74) is 0.842. The number of ether oxygens (including phenoxy) is 1. The zero-order chi connectivity index (χ0) is 22.4. The Kier molecular flexibility index (Phi) is 8.77. The standard InChI is InChI=1S/C26H42O5/c1-3-4-11-19-21(12-8-13-24(29)30)26(31-2)17-16-23(28)20(25(19)26)14-15-22(27)18-9-6-5-7-10-18/h12,14-15,18-20,22-23,25,27-28H,3-11,13,16-17H2,1-2H3,(H,29,30)/b15-14+,21-12?/t19?,20-,22?,23+,25+,26-/m1/s1. The normalized spacial score (nSPS) is 36.3. The van der Waals surface area contributed by atoms with Crippen LogP contribution in [0.25, 0.3) is 0 Å². The molecule has 176 valence electrons. The van der Waals surface area contributed by atoms with Crippen molar-refractivity contribution in [2.75, 3.05) is 7.11 Å². The molecule has 31 heavy (non-hydrogen) atoms. The lowest BCUT2D eigenvalue weighted by Gasteiger charge is -2.63. The van der Waals surface area contributed by atoms with Crippen LogP contribution >= 0.6 is 0 Å². The average Bonchev–Trinajstić information content (AvgIpc) is 2.77. The quantitative estimate of drug-likeness (QED) is 0.427. The van der Waals surface area contributed by atoms with E-state index in [4.69, 9.17) is 9.84 Å². The summed E-state index contributed by atoms with van der Waals surface area (Å²) >= 11 is 0. The van der Waals surface area contributed by atoms with Gasteiger partial charge in [-0.25, -0.2) is 0 Å². The summed E-state index contributed by atoms with van der Waals surface area (Å²) in [6, 6.07) is 0. The Morgan fingerprint density at radius 2 is 2.00 bits per heavy atom. The Balaban J connectivity index is 1.81. The molecule has 0 aromatic carbocycles. The first-order valence-electron chi connectivity index (χ1n) is 12.5. The topological polar surface area (TPSA) is 87.0 Å². The van der Waals surface area contributed by atoms with Gasteiger partial charge in [0.15, 0.2) is 0 Å². The SMILES string of the molecule is CCCCC1C(=CCCC(=O)O)[C@]2(OC)CC[C@H](O)[C@@H](/C=C/C(O)C3CCCCC3)[C@H]12. The van der Waals surface area contributed by atoms with Gasteiger partial charge in [0, 0.05) is 25.4 Å². The third-order valence-corrected chi connectivity index (χ3v) is 8.15. The van der Waals surface area contributed by atoms with Crippen molar-refractivity contribution in [2.24, 2.45) is 23.7 Å². The highest BCUT2D eigenvalue weighted by Crippen LogP contribution is 2.62. The van der Waals surface area contributed by atoms with Gasteiger partial charge in [0.2, 0.25) is 0 Å². The van der Waals surface area contributed by atoms with Crippen molar-refractivity contribution in [3.05, 3.63) is 23.8 Å². The van der Waals surface area contributed by atoms with Gasteiger partial charge in [-0.05, 0) is 55.9 Å². The Labute approximate surface area is 187 Å². The van der Waals surface area contributed by atoms with Crippen molar-refractivity contribution in [3.63, 3.8) is 0 Å². The van der Waals surface area contributed by atoms with Crippen molar-refractivity contribution in [1.29, 1.82) is 0 Å². The van der Waals surface area contributed by atoms with E-state index in [2.05, 4.69) is 19.1 Å². The van der Waals surface area contributed by atoms with Crippen LogP contribution in [-0.4, -0.2) is 46.2 Å². The number of carboxylic acid groups (broad SMARTS) is 1. The number of carbonyl (C=O) groups is 1. The molecular weight excluding hydrogens is 392 g/mol. The van der Waals surface area contributed by atoms with Crippen LogP contribution in [0.4, 0.5) is 0 Å². The van der Waals surface area contributed by atoms with Gasteiger partial charge in [0.05, 0.1) is 17.8 Å². The van der Waals surface area contributed by atoms with E-state index in [1.54, 1.807) is 7.11 Å². The van der Waals surface area contributed by atoms with Gasteiger partial charge in [0.1, 0.15) is 0 Å². The van der Waals surface area contributed by atoms with Crippen LogP contribution in [0, 0.1) is 23.7 Å². The van der Waals surface area contributed by atoms with Gasteiger partial charge >= 0.3 is 5.97 Å². The van der Waals surface area contributed by atoms with E-state index in [-0.39, 0.29) is 18.3 Å². The molecule has 0 aromatic heterocycles. The summed E-state index contributed by atoms with van der Waals surface area (Å²) in [6.45, 7) is 2.18. The van der Waals surface area contributed by atoms with Crippen molar-refractivity contribution in [3.8, 4) is 0 Å². The van der Waals surface area contributed by atoms with Crippen LogP contribution in [0.1, 0.15) is 84.0 Å². The van der Waals surface area contributed by atoms with Gasteiger partial charge in [-0.15, -0.1) is 0 Å². The van der Waals surface area contributed by atoms with E-state index < -0.39 is 23.8 Å². The second kappa shape index (κ2) is 11.1. The molecule has 0 saturated heterocycles. The van der Waals surface area contributed by atoms with E-state index in [0.717, 1.165) is 38.5 Å². The number of allylic oxidation sites excluding steroid dienone is 1. The molecule has 0 radical (unpaired) electrons. The van der Waals surface area contributed by atoms with E-state index in [1.165, 1.54) is 24.8 Å². The Bertz CT molecular complexity index is 650. The number of fused-ring (bicyclic) bond motifs is 1. The van der Waals surface area contributed by atoms with Gasteiger partial charge in [-0.1, -0.05) is 57.3 Å². The van der Waals surface area contributed by atoms with Gasteiger partial charge in [0.25, 0.3) is 0 Å². The number of aliphatic carboxylic acids is 1. The van der Waals surface area contributed by atoms with Gasteiger partial charge < -0.3 is 20.1 Å². The minimum atomic E-state index is -0.777. The van der Waals surface area contributed by atoms with Crippen LogP contribution in [-0.2, 0) is 9.53 Å². The zero-order valence-electron chi connectivity index (χ0n) is 19.3. The van der Waals surface area contributed by atoms with E-state index >= 15 is 0 Å². The predicted molar refractivity (Wildman–Crippen MR) is 122 cm³/mol. The zero-order valence-corrected chi connectivity index (χ0v) is 19.3. The molecule has 6 atom stereocenters. The molecule has 5 nitrogen and oxygen atoms in total. The number of hydrogen-bond acceptors (Lipinski definition) is 4. The molecule has 0 aliphatic heterocycles. The monoisotopic (exact) mass is 434 g/mol. The molecule has 3 fully saturated rings. The Hall–Kier alpha value is -1.17. The number of rotatable bonds is 10. The number of aliphatic hydroxyl groups excluding tert-OH is 2. The first-order chi connectivity index (χ1) is 14.9. The third kappa shape index (κ3) is 5.26. The molecule has 3 aliphatic carbocycles. The fraction of sp³-hybridized carbons (Fsp3) is 0.808. The van der Waals surface area contributed by atoms with Crippen LogP contribution < -0.4 is 0 Å². The number of methoxy groups -OCH3 is 1.